The summed E-state index contributed by atoms with van der Waals surface area (Å²) >= 11 is 0. The SMILES string of the molecule is COc1ccccc1.NCOc1ccccc1. The van der Waals surface area contributed by atoms with E-state index in [-0.39, 0.29) is 6.73 Å². The molecule has 0 aliphatic carbocycles. The van der Waals surface area contributed by atoms with Crippen LogP contribution in [0.3, 0.4) is 0 Å². The highest BCUT2D eigenvalue weighted by molar-refractivity contribution is 5.21. The lowest BCUT2D eigenvalue weighted by molar-refractivity contribution is 0.329. The zero-order valence-electron chi connectivity index (χ0n) is 9.87. The fourth-order valence-corrected chi connectivity index (χ4v) is 1.17. The maximum Gasteiger partial charge on any atom is 0.137 e. The molecule has 0 fully saturated rings. The number of nitrogens with two attached hydrogens (primary N) is 1. The van der Waals surface area contributed by atoms with Crippen LogP contribution < -0.4 is 15.2 Å². The second kappa shape index (κ2) is 8.19. The first-order valence-electron chi connectivity index (χ1n) is 5.33. The number of methoxy groups -OCH3 is 1. The normalized spacial score (nSPS) is 8.82. The average molecular weight is 231 g/mol. The van der Waals surface area contributed by atoms with Gasteiger partial charge in [0, 0.05) is 0 Å². The molecule has 0 aliphatic heterocycles. The van der Waals surface area contributed by atoms with Gasteiger partial charge in [0.1, 0.15) is 18.2 Å². The average Bonchev–Trinajstić information content (AvgIpc) is 2.42. The smallest absolute Gasteiger partial charge is 0.137 e. The lowest BCUT2D eigenvalue weighted by Crippen LogP contribution is -2.06. The van der Waals surface area contributed by atoms with E-state index in [9.17, 15) is 0 Å². The van der Waals surface area contributed by atoms with Crippen LogP contribution in [0.1, 0.15) is 0 Å². The fraction of sp³-hybridized carbons (Fsp3) is 0.143. The van der Waals surface area contributed by atoms with Crippen molar-refractivity contribution in [1.29, 1.82) is 0 Å². The molecule has 2 N–H and O–H groups in total. The number of hydrogen-bond donors (Lipinski definition) is 1. The van der Waals surface area contributed by atoms with E-state index < -0.39 is 0 Å². The summed E-state index contributed by atoms with van der Waals surface area (Å²) in [6, 6.07) is 19.2. The molecular formula is C14H17NO2. The molecule has 2 aromatic carbocycles. The molecule has 0 aliphatic rings. The van der Waals surface area contributed by atoms with Crippen LogP contribution in [-0.4, -0.2) is 13.8 Å². The first-order valence-corrected chi connectivity index (χ1v) is 5.33. The molecule has 2 rings (SSSR count). The van der Waals surface area contributed by atoms with Crippen LogP contribution in [0.25, 0.3) is 0 Å². The highest BCUT2D eigenvalue weighted by Gasteiger charge is 1.84. The van der Waals surface area contributed by atoms with Crippen molar-refractivity contribution < 1.29 is 9.47 Å². The van der Waals surface area contributed by atoms with Crippen LogP contribution in [0.2, 0.25) is 0 Å². The van der Waals surface area contributed by atoms with Gasteiger partial charge in [0.2, 0.25) is 0 Å². The van der Waals surface area contributed by atoms with E-state index in [0.717, 1.165) is 11.5 Å². The standard InChI is InChI=1S/C7H9NO.C7H8O/c8-6-9-7-4-2-1-3-5-7;1-8-7-5-3-2-4-6-7/h1-5H,6,8H2;2-6H,1H3. The van der Waals surface area contributed by atoms with E-state index in [1.807, 2.05) is 60.7 Å². The number of benzene rings is 2. The zero-order chi connectivity index (χ0) is 12.3. The van der Waals surface area contributed by atoms with Crippen LogP contribution in [0.5, 0.6) is 11.5 Å². The molecule has 0 atom stereocenters. The Bertz CT molecular complexity index is 389. The Morgan fingerprint density at radius 1 is 0.824 bits per heavy atom. The molecule has 17 heavy (non-hydrogen) atoms. The molecule has 0 unspecified atom stereocenters. The summed E-state index contributed by atoms with van der Waals surface area (Å²) in [4.78, 5) is 0. The first kappa shape index (κ1) is 13.1. The van der Waals surface area contributed by atoms with Crippen molar-refractivity contribution in [2.75, 3.05) is 13.8 Å². The van der Waals surface area contributed by atoms with E-state index in [1.165, 1.54) is 0 Å². The highest BCUT2D eigenvalue weighted by atomic mass is 16.5. The summed E-state index contributed by atoms with van der Waals surface area (Å²) < 4.78 is 9.90. The van der Waals surface area contributed by atoms with Gasteiger partial charge in [-0.1, -0.05) is 36.4 Å². The Kier molecular flexibility index (Phi) is 6.29. The Balaban J connectivity index is 0.000000171. The van der Waals surface area contributed by atoms with Crippen LogP contribution in [0.15, 0.2) is 60.7 Å². The first-order chi connectivity index (χ1) is 8.36. The summed E-state index contributed by atoms with van der Waals surface area (Å²) in [6.45, 7) is 0.240. The largest absolute Gasteiger partial charge is 0.497 e. The van der Waals surface area contributed by atoms with Gasteiger partial charge in [-0.15, -0.1) is 0 Å². The van der Waals surface area contributed by atoms with Gasteiger partial charge >= 0.3 is 0 Å². The summed E-state index contributed by atoms with van der Waals surface area (Å²) in [5, 5.41) is 0. The molecule has 3 nitrogen and oxygen atoms in total. The number of rotatable bonds is 3. The van der Waals surface area contributed by atoms with E-state index in [4.69, 9.17) is 15.2 Å². The lowest BCUT2D eigenvalue weighted by Gasteiger charge is -1.98. The second-order valence-electron chi connectivity index (χ2n) is 3.14. The quantitative estimate of drug-likeness (QED) is 0.826. The van der Waals surface area contributed by atoms with Gasteiger partial charge in [0.15, 0.2) is 0 Å². The minimum atomic E-state index is 0.240. The van der Waals surface area contributed by atoms with Gasteiger partial charge in [0.05, 0.1) is 7.11 Å². The van der Waals surface area contributed by atoms with E-state index in [1.54, 1.807) is 7.11 Å². The molecule has 0 spiro atoms. The maximum absolute atomic E-state index is 5.14. The van der Waals surface area contributed by atoms with Crippen LogP contribution in [0, 0.1) is 0 Å². The Hall–Kier alpha value is -2.00. The molecule has 0 radical (unpaired) electrons. The summed E-state index contributed by atoms with van der Waals surface area (Å²) in [5.74, 6) is 1.73. The van der Waals surface area contributed by atoms with Gasteiger partial charge < -0.3 is 9.47 Å². The monoisotopic (exact) mass is 231 g/mol. The van der Waals surface area contributed by atoms with Gasteiger partial charge in [-0.2, -0.15) is 0 Å². The van der Waals surface area contributed by atoms with Crippen molar-refractivity contribution in [1.82, 2.24) is 0 Å². The lowest BCUT2D eigenvalue weighted by atomic mass is 10.3. The minimum Gasteiger partial charge on any atom is -0.497 e. The molecule has 0 saturated carbocycles. The molecule has 0 aromatic heterocycles. The second-order valence-corrected chi connectivity index (χ2v) is 3.14. The molecule has 0 bridgehead atoms. The van der Waals surface area contributed by atoms with E-state index in [0.29, 0.717) is 0 Å². The van der Waals surface area contributed by atoms with Crippen molar-refractivity contribution in [3.63, 3.8) is 0 Å². The topological polar surface area (TPSA) is 44.5 Å². The highest BCUT2D eigenvalue weighted by Crippen LogP contribution is 2.06. The third-order valence-corrected chi connectivity index (χ3v) is 1.97. The molecular weight excluding hydrogens is 214 g/mol. The zero-order valence-corrected chi connectivity index (χ0v) is 9.87. The van der Waals surface area contributed by atoms with E-state index in [2.05, 4.69) is 0 Å². The third-order valence-electron chi connectivity index (χ3n) is 1.97. The maximum atomic E-state index is 5.14. The fourth-order valence-electron chi connectivity index (χ4n) is 1.17. The molecule has 0 amide bonds. The van der Waals surface area contributed by atoms with Gasteiger partial charge in [0.25, 0.3) is 0 Å². The summed E-state index contributed by atoms with van der Waals surface area (Å²) in [7, 11) is 1.66. The van der Waals surface area contributed by atoms with Crippen LogP contribution in [-0.2, 0) is 0 Å². The molecule has 0 saturated heterocycles. The van der Waals surface area contributed by atoms with Crippen molar-refractivity contribution in [3.8, 4) is 11.5 Å². The van der Waals surface area contributed by atoms with Crippen molar-refractivity contribution in [2.45, 2.75) is 0 Å². The molecule has 90 valence electrons. The molecule has 3 heteroatoms. The molecule has 2 aromatic rings. The predicted octanol–water partition coefficient (Wildman–Crippen LogP) is 2.68. The van der Waals surface area contributed by atoms with E-state index >= 15 is 0 Å². The Morgan fingerprint density at radius 2 is 1.29 bits per heavy atom. The Morgan fingerprint density at radius 3 is 1.65 bits per heavy atom. The van der Waals surface area contributed by atoms with Crippen molar-refractivity contribution in [2.24, 2.45) is 5.73 Å². The van der Waals surface area contributed by atoms with Gasteiger partial charge in [-0.3, -0.25) is 5.73 Å². The van der Waals surface area contributed by atoms with Crippen LogP contribution in [0.4, 0.5) is 0 Å². The van der Waals surface area contributed by atoms with Gasteiger partial charge in [-0.05, 0) is 24.3 Å². The third kappa shape index (κ3) is 5.58. The summed E-state index contributed by atoms with van der Waals surface area (Å²) in [6.07, 6.45) is 0. The number of ether oxygens (including phenoxy) is 2. The van der Waals surface area contributed by atoms with Crippen molar-refractivity contribution >= 4 is 0 Å². The van der Waals surface area contributed by atoms with Crippen LogP contribution >= 0.6 is 0 Å². The number of para-hydroxylation sites is 2. The number of hydrogen-bond acceptors (Lipinski definition) is 3. The Labute approximate surface area is 102 Å². The van der Waals surface area contributed by atoms with Gasteiger partial charge in [-0.25, -0.2) is 0 Å². The predicted molar refractivity (Wildman–Crippen MR) is 69.1 cm³/mol. The molecule has 0 heterocycles. The summed E-state index contributed by atoms with van der Waals surface area (Å²) in [5.41, 5.74) is 5.14. The minimum absolute atomic E-state index is 0.240. The van der Waals surface area contributed by atoms with Crippen molar-refractivity contribution in [3.05, 3.63) is 60.7 Å².